The summed E-state index contributed by atoms with van der Waals surface area (Å²) in [5, 5.41) is 4.59. The van der Waals surface area contributed by atoms with Crippen molar-refractivity contribution < 1.29 is 14.3 Å². The molecule has 1 heterocycles. The second-order valence-corrected chi connectivity index (χ2v) is 9.72. The molecule has 33 heavy (non-hydrogen) atoms. The molecule has 0 spiro atoms. The van der Waals surface area contributed by atoms with Gasteiger partial charge in [0.2, 0.25) is 6.29 Å². The molecule has 0 radical (unpaired) electrons. The number of aliphatic imine (C=N–C) groups is 1. The lowest BCUT2D eigenvalue weighted by Crippen LogP contribution is -2.20. The Labute approximate surface area is 198 Å². The van der Waals surface area contributed by atoms with E-state index in [-0.39, 0.29) is 17.3 Å². The number of allylic oxidation sites excluding steroid dienone is 1. The van der Waals surface area contributed by atoms with Crippen LogP contribution in [0.5, 0.6) is 0 Å². The molecule has 1 unspecified atom stereocenters. The molecule has 180 valence electrons. The molecule has 2 aromatic rings. The van der Waals surface area contributed by atoms with E-state index >= 15 is 0 Å². The largest absolute Gasteiger partial charge is 0.452 e. The fourth-order valence-electron chi connectivity index (χ4n) is 3.53. The molecule has 6 heteroatoms. The lowest BCUT2D eigenvalue weighted by atomic mass is 9.86. The monoisotopic (exact) mass is 453 g/mol. The summed E-state index contributed by atoms with van der Waals surface area (Å²) >= 11 is 0. The van der Waals surface area contributed by atoms with Crippen LogP contribution in [0, 0.1) is 12.8 Å². The first-order chi connectivity index (χ1) is 15.5. The van der Waals surface area contributed by atoms with Crippen molar-refractivity contribution in [1.82, 2.24) is 9.78 Å². The van der Waals surface area contributed by atoms with Crippen LogP contribution in [-0.2, 0) is 26.2 Å². The van der Waals surface area contributed by atoms with Crippen LogP contribution < -0.4 is 0 Å². The third-order valence-electron chi connectivity index (χ3n) is 5.16. The van der Waals surface area contributed by atoms with Crippen molar-refractivity contribution in [3.63, 3.8) is 0 Å². The van der Waals surface area contributed by atoms with Crippen molar-refractivity contribution >= 4 is 23.5 Å². The third-order valence-corrected chi connectivity index (χ3v) is 5.16. The summed E-state index contributed by atoms with van der Waals surface area (Å²) in [7, 11) is 1.73. The normalized spacial score (nSPS) is 13.9. The van der Waals surface area contributed by atoms with Crippen LogP contribution in [0.25, 0.3) is 11.3 Å². The summed E-state index contributed by atoms with van der Waals surface area (Å²) in [4.78, 5) is 16.5. The maximum Gasteiger partial charge on any atom is 0.309 e. The molecule has 0 aliphatic rings. The van der Waals surface area contributed by atoms with Crippen molar-refractivity contribution in [3.8, 4) is 0 Å². The van der Waals surface area contributed by atoms with Gasteiger partial charge in [-0.15, -0.1) is 0 Å². The molecule has 0 saturated heterocycles. The van der Waals surface area contributed by atoms with E-state index in [1.165, 1.54) is 5.56 Å². The predicted octanol–water partition coefficient (Wildman–Crippen LogP) is 6.03. The Morgan fingerprint density at radius 2 is 1.79 bits per heavy atom. The molecule has 0 amide bonds. The number of aryl methyl sites for hydroxylation is 2. The van der Waals surface area contributed by atoms with Crippen molar-refractivity contribution in [1.29, 1.82) is 0 Å². The van der Waals surface area contributed by atoms with E-state index in [1.54, 1.807) is 20.2 Å². The molecule has 0 fully saturated rings. The summed E-state index contributed by atoms with van der Waals surface area (Å²) < 4.78 is 13.7. The van der Waals surface area contributed by atoms with Gasteiger partial charge in [-0.2, -0.15) is 5.10 Å². The first-order valence-corrected chi connectivity index (χ1v) is 11.6. The molecule has 0 bridgehead atoms. The molecule has 0 aliphatic carbocycles. The second-order valence-electron chi connectivity index (χ2n) is 9.72. The second kappa shape index (κ2) is 11.3. The van der Waals surface area contributed by atoms with Gasteiger partial charge in [-0.05, 0) is 42.4 Å². The minimum Gasteiger partial charge on any atom is -0.452 e. The molecule has 1 atom stereocenters. The summed E-state index contributed by atoms with van der Waals surface area (Å²) in [6.45, 7) is 16.9. The zero-order valence-corrected chi connectivity index (χ0v) is 21.6. The Morgan fingerprint density at radius 3 is 2.30 bits per heavy atom. The Bertz CT molecular complexity index is 993. The topological polar surface area (TPSA) is 65.7 Å². The Hall–Kier alpha value is -2.89. The maximum absolute atomic E-state index is 12.2. The minimum absolute atomic E-state index is 0.0532. The maximum atomic E-state index is 12.2. The standard InChI is InChI=1S/C27H39N3O3/c1-10-30-24(16-19(4)29-30)26(33-20(5)32-25(31)15-18(2)3)23(17-28-9)21-11-13-22(14-12-21)27(6,7)8/h11-14,16-18,20H,10,15H2,1-9H3/b26-23-,28-17?. The Morgan fingerprint density at radius 1 is 1.15 bits per heavy atom. The number of carbonyl (C=O) groups is 1. The lowest BCUT2D eigenvalue weighted by Gasteiger charge is -2.22. The highest BCUT2D eigenvalue weighted by Gasteiger charge is 2.22. The zero-order valence-electron chi connectivity index (χ0n) is 21.6. The number of benzene rings is 1. The highest BCUT2D eigenvalue weighted by Crippen LogP contribution is 2.31. The van der Waals surface area contributed by atoms with E-state index in [2.05, 4.69) is 55.1 Å². The fourth-order valence-corrected chi connectivity index (χ4v) is 3.53. The van der Waals surface area contributed by atoms with Crippen molar-refractivity contribution in [2.45, 2.75) is 80.1 Å². The van der Waals surface area contributed by atoms with Gasteiger partial charge in [0.25, 0.3) is 0 Å². The van der Waals surface area contributed by atoms with Crippen LogP contribution >= 0.6 is 0 Å². The summed E-state index contributed by atoms with van der Waals surface area (Å²) in [6.07, 6.45) is 1.36. The van der Waals surface area contributed by atoms with Gasteiger partial charge in [0.05, 0.1) is 5.69 Å². The number of carbonyl (C=O) groups excluding carboxylic acids is 1. The van der Waals surface area contributed by atoms with Crippen molar-refractivity contribution in [2.75, 3.05) is 7.05 Å². The quantitative estimate of drug-likeness (QED) is 0.201. The smallest absolute Gasteiger partial charge is 0.309 e. The van der Waals surface area contributed by atoms with Gasteiger partial charge < -0.3 is 9.47 Å². The Kier molecular flexibility index (Phi) is 9.03. The Balaban J connectivity index is 2.59. The van der Waals surface area contributed by atoms with Gasteiger partial charge >= 0.3 is 5.97 Å². The predicted molar refractivity (Wildman–Crippen MR) is 135 cm³/mol. The number of rotatable bonds is 9. The van der Waals surface area contributed by atoms with Crippen molar-refractivity contribution in [3.05, 3.63) is 52.8 Å². The van der Waals surface area contributed by atoms with Crippen LogP contribution in [0.4, 0.5) is 0 Å². The average molecular weight is 454 g/mol. The number of hydrogen-bond acceptors (Lipinski definition) is 5. The van der Waals surface area contributed by atoms with Crippen LogP contribution in [0.2, 0.25) is 0 Å². The lowest BCUT2D eigenvalue weighted by molar-refractivity contribution is -0.165. The van der Waals surface area contributed by atoms with Crippen LogP contribution in [0.15, 0.2) is 35.3 Å². The number of aromatic nitrogens is 2. The number of esters is 1. The van der Waals surface area contributed by atoms with E-state index in [0.717, 1.165) is 22.5 Å². The van der Waals surface area contributed by atoms with E-state index in [9.17, 15) is 4.79 Å². The minimum atomic E-state index is -0.763. The van der Waals surface area contributed by atoms with Gasteiger partial charge in [-0.3, -0.25) is 14.5 Å². The van der Waals surface area contributed by atoms with Gasteiger partial charge in [0.15, 0.2) is 5.76 Å². The third kappa shape index (κ3) is 7.31. The fraction of sp³-hybridized carbons (Fsp3) is 0.519. The SMILES string of the molecule is CCn1nc(C)cc1/C(OC(C)OC(=O)CC(C)C)=C(\C=NC)c1ccc(C(C)(C)C)cc1. The molecule has 6 nitrogen and oxygen atoms in total. The van der Waals surface area contributed by atoms with Crippen molar-refractivity contribution in [2.24, 2.45) is 10.9 Å². The van der Waals surface area contributed by atoms with Crippen LogP contribution in [-0.4, -0.2) is 35.3 Å². The molecule has 0 N–H and O–H groups in total. The molecule has 2 rings (SSSR count). The number of nitrogens with zero attached hydrogens (tertiary/aromatic N) is 3. The van der Waals surface area contributed by atoms with E-state index < -0.39 is 6.29 Å². The van der Waals surface area contributed by atoms with Gasteiger partial charge in [-0.1, -0.05) is 58.9 Å². The molecule has 1 aromatic heterocycles. The van der Waals surface area contributed by atoms with Gasteiger partial charge in [0, 0.05) is 38.7 Å². The number of hydrogen-bond donors (Lipinski definition) is 0. The average Bonchev–Trinajstić information content (AvgIpc) is 3.10. The summed E-state index contributed by atoms with van der Waals surface area (Å²) in [6, 6.07) is 10.4. The molecular formula is C27H39N3O3. The van der Waals surface area contributed by atoms with Gasteiger partial charge in [-0.25, -0.2) is 0 Å². The van der Waals surface area contributed by atoms with Gasteiger partial charge in [0.1, 0.15) is 5.69 Å². The summed E-state index contributed by atoms with van der Waals surface area (Å²) in [5.41, 5.74) is 4.76. The molecule has 0 saturated carbocycles. The summed E-state index contributed by atoms with van der Waals surface area (Å²) in [5.74, 6) is 0.515. The highest BCUT2D eigenvalue weighted by atomic mass is 16.7. The van der Waals surface area contributed by atoms with Crippen LogP contribution in [0.1, 0.15) is 77.4 Å². The van der Waals surface area contributed by atoms with E-state index in [1.807, 2.05) is 38.4 Å². The van der Waals surface area contributed by atoms with E-state index in [0.29, 0.717) is 18.7 Å². The van der Waals surface area contributed by atoms with Crippen LogP contribution in [0.3, 0.4) is 0 Å². The first-order valence-electron chi connectivity index (χ1n) is 11.6. The van der Waals surface area contributed by atoms with E-state index in [4.69, 9.17) is 9.47 Å². The number of ether oxygens (including phenoxy) is 2. The molecule has 1 aromatic carbocycles. The molecule has 0 aliphatic heterocycles. The highest BCUT2D eigenvalue weighted by molar-refractivity contribution is 6.18. The first kappa shape index (κ1) is 26.4. The molecular weight excluding hydrogens is 414 g/mol. The zero-order chi connectivity index (χ0) is 24.8.